The minimum atomic E-state index is 0.0200. The van der Waals surface area contributed by atoms with Gasteiger partial charge in [-0.1, -0.05) is 44.2 Å². The highest BCUT2D eigenvalue weighted by Crippen LogP contribution is 2.34. The SMILES string of the molecule is CCOc1ccccc1CN(C(=S)Nc1cccc(C)c1C(C)C)C1CC(C)(C)NC(C)(C)C1. The Morgan fingerprint density at radius 2 is 1.74 bits per heavy atom. The zero-order chi connectivity index (χ0) is 25.1. The first kappa shape index (κ1) is 26.5. The summed E-state index contributed by atoms with van der Waals surface area (Å²) in [5, 5.41) is 8.25. The van der Waals surface area contributed by atoms with Crippen LogP contribution in [-0.2, 0) is 6.54 Å². The Morgan fingerprint density at radius 1 is 1.09 bits per heavy atom. The van der Waals surface area contributed by atoms with Gasteiger partial charge in [-0.2, -0.15) is 0 Å². The Bertz CT molecular complexity index is 983. The van der Waals surface area contributed by atoms with E-state index >= 15 is 0 Å². The van der Waals surface area contributed by atoms with Crippen LogP contribution in [-0.4, -0.2) is 33.7 Å². The molecule has 0 saturated carbocycles. The van der Waals surface area contributed by atoms with E-state index in [1.807, 2.05) is 13.0 Å². The monoisotopic (exact) mass is 481 g/mol. The molecule has 0 bridgehead atoms. The molecule has 34 heavy (non-hydrogen) atoms. The van der Waals surface area contributed by atoms with Crippen molar-refractivity contribution in [3.8, 4) is 5.75 Å². The summed E-state index contributed by atoms with van der Waals surface area (Å²) in [6, 6.07) is 15.1. The lowest BCUT2D eigenvalue weighted by Gasteiger charge is -2.50. The minimum Gasteiger partial charge on any atom is -0.494 e. The second kappa shape index (κ2) is 10.7. The van der Waals surface area contributed by atoms with Crippen molar-refractivity contribution in [2.24, 2.45) is 0 Å². The van der Waals surface area contributed by atoms with Crippen LogP contribution >= 0.6 is 12.2 Å². The van der Waals surface area contributed by atoms with Gasteiger partial charge >= 0.3 is 0 Å². The third-order valence-electron chi connectivity index (χ3n) is 6.63. The van der Waals surface area contributed by atoms with Gasteiger partial charge in [0.1, 0.15) is 5.75 Å². The van der Waals surface area contributed by atoms with Gasteiger partial charge in [-0.25, -0.2) is 0 Å². The second-order valence-corrected chi connectivity index (χ2v) is 11.6. The van der Waals surface area contributed by atoms with Crippen molar-refractivity contribution in [3.63, 3.8) is 0 Å². The third kappa shape index (κ3) is 6.51. The molecule has 2 aromatic carbocycles. The van der Waals surface area contributed by atoms with Gasteiger partial charge in [0.2, 0.25) is 0 Å². The molecule has 0 aromatic heterocycles. The number of ether oxygens (including phenoxy) is 1. The molecule has 4 nitrogen and oxygen atoms in total. The number of aryl methyl sites for hydroxylation is 1. The fourth-order valence-corrected chi connectivity index (χ4v) is 6.04. The van der Waals surface area contributed by atoms with Crippen LogP contribution in [0.15, 0.2) is 42.5 Å². The predicted molar refractivity (Wildman–Crippen MR) is 149 cm³/mol. The highest BCUT2D eigenvalue weighted by molar-refractivity contribution is 7.80. The summed E-state index contributed by atoms with van der Waals surface area (Å²) < 4.78 is 5.97. The van der Waals surface area contributed by atoms with E-state index in [0.29, 0.717) is 25.1 Å². The van der Waals surface area contributed by atoms with Crippen molar-refractivity contribution in [3.05, 3.63) is 59.2 Å². The topological polar surface area (TPSA) is 36.5 Å². The molecule has 0 aliphatic carbocycles. The van der Waals surface area contributed by atoms with Crippen LogP contribution in [0.5, 0.6) is 5.75 Å². The lowest BCUT2D eigenvalue weighted by molar-refractivity contribution is 0.101. The maximum absolute atomic E-state index is 6.14. The lowest BCUT2D eigenvalue weighted by Crippen LogP contribution is -2.63. The van der Waals surface area contributed by atoms with Crippen molar-refractivity contribution < 1.29 is 4.74 Å². The summed E-state index contributed by atoms with van der Waals surface area (Å²) >= 11 is 6.14. The molecule has 1 aliphatic heterocycles. The Balaban J connectivity index is 1.99. The summed E-state index contributed by atoms with van der Waals surface area (Å²) in [6.45, 7) is 19.2. The molecule has 1 heterocycles. The Labute approximate surface area is 212 Å². The molecule has 3 rings (SSSR count). The van der Waals surface area contributed by atoms with Gasteiger partial charge in [0.15, 0.2) is 5.11 Å². The Morgan fingerprint density at radius 3 is 2.35 bits per heavy atom. The van der Waals surface area contributed by atoms with E-state index in [1.165, 1.54) is 11.1 Å². The number of piperidine rings is 1. The Kier molecular flexibility index (Phi) is 8.30. The number of para-hydroxylation sites is 1. The van der Waals surface area contributed by atoms with Crippen LogP contribution in [0.2, 0.25) is 0 Å². The number of nitrogens with one attached hydrogen (secondary N) is 2. The molecule has 1 saturated heterocycles. The molecule has 0 spiro atoms. The maximum Gasteiger partial charge on any atom is 0.173 e. The zero-order valence-electron chi connectivity index (χ0n) is 22.3. The molecule has 2 N–H and O–H groups in total. The number of hydrogen-bond donors (Lipinski definition) is 2. The number of rotatable bonds is 7. The van der Waals surface area contributed by atoms with Gasteiger partial charge in [0.05, 0.1) is 6.61 Å². The first-order chi connectivity index (χ1) is 15.9. The van der Waals surface area contributed by atoms with Gasteiger partial charge in [0, 0.05) is 34.9 Å². The summed E-state index contributed by atoms with van der Waals surface area (Å²) in [4.78, 5) is 2.39. The molecule has 5 heteroatoms. The van der Waals surface area contributed by atoms with E-state index in [-0.39, 0.29) is 11.1 Å². The first-order valence-corrected chi connectivity index (χ1v) is 13.0. The van der Waals surface area contributed by atoms with E-state index in [1.54, 1.807) is 0 Å². The Hall–Kier alpha value is -2.11. The summed E-state index contributed by atoms with van der Waals surface area (Å²) in [6.07, 6.45) is 2.03. The number of nitrogens with zero attached hydrogens (tertiary/aromatic N) is 1. The van der Waals surface area contributed by atoms with Gasteiger partial charge in [0.25, 0.3) is 0 Å². The summed E-state index contributed by atoms with van der Waals surface area (Å²) in [5.74, 6) is 1.35. The van der Waals surface area contributed by atoms with Gasteiger partial charge in [-0.05, 0) is 95.8 Å². The van der Waals surface area contributed by atoms with Gasteiger partial charge in [-0.3, -0.25) is 0 Å². The molecule has 0 atom stereocenters. The van der Waals surface area contributed by atoms with E-state index in [9.17, 15) is 0 Å². The normalized spacial score (nSPS) is 17.4. The van der Waals surface area contributed by atoms with Crippen molar-refractivity contribution in [2.45, 2.75) is 97.8 Å². The molecule has 2 aromatic rings. The number of hydrogen-bond acceptors (Lipinski definition) is 3. The molecular weight excluding hydrogens is 438 g/mol. The van der Waals surface area contributed by atoms with Crippen LogP contribution in [0, 0.1) is 6.92 Å². The number of thiocarbonyl (C=S) groups is 1. The predicted octanol–water partition coefficient (Wildman–Crippen LogP) is 7.03. The van der Waals surface area contributed by atoms with Crippen LogP contribution < -0.4 is 15.4 Å². The molecule has 0 amide bonds. The average Bonchev–Trinajstić information content (AvgIpc) is 2.70. The summed E-state index contributed by atoms with van der Waals surface area (Å²) in [7, 11) is 0. The largest absolute Gasteiger partial charge is 0.494 e. The highest BCUT2D eigenvalue weighted by atomic mass is 32.1. The minimum absolute atomic E-state index is 0.0200. The van der Waals surface area contributed by atoms with Crippen molar-refractivity contribution in [1.82, 2.24) is 10.2 Å². The molecule has 186 valence electrons. The van der Waals surface area contributed by atoms with Crippen LogP contribution in [0.3, 0.4) is 0 Å². The van der Waals surface area contributed by atoms with Gasteiger partial charge < -0.3 is 20.3 Å². The fraction of sp³-hybridized carbons (Fsp3) is 0.552. The van der Waals surface area contributed by atoms with Crippen molar-refractivity contribution in [2.75, 3.05) is 11.9 Å². The smallest absolute Gasteiger partial charge is 0.173 e. The molecule has 1 aliphatic rings. The zero-order valence-corrected chi connectivity index (χ0v) is 23.1. The first-order valence-electron chi connectivity index (χ1n) is 12.6. The lowest BCUT2D eigenvalue weighted by atomic mass is 9.79. The van der Waals surface area contributed by atoms with E-state index in [2.05, 4.69) is 100 Å². The van der Waals surface area contributed by atoms with E-state index in [4.69, 9.17) is 17.0 Å². The van der Waals surface area contributed by atoms with E-state index in [0.717, 1.165) is 35.0 Å². The molecule has 0 unspecified atom stereocenters. The molecule has 1 fully saturated rings. The third-order valence-corrected chi connectivity index (χ3v) is 6.96. The van der Waals surface area contributed by atoms with Crippen molar-refractivity contribution >= 4 is 23.0 Å². The average molecular weight is 482 g/mol. The van der Waals surface area contributed by atoms with Gasteiger partial charge in [-0.15, -0.1) is 0 Å². The highest BCUT2D eigenvalue weighted by Gasteiger charge is 2.40. The molecular formula is C29H43N3OS. The van der Waals surface area contributed by atoms with Crippen LogP contribution in [0.1, 0.15) is 83.9 Å². The quantitative estimate of drug-likeness (QED) is 0.415. The van der Waals surface area contributed by atoms with Crippen LogP contribution in [0.4, 0.5) is 5.69 Å². The fourth-order valence-electron chi connectivity index (χ4n) is 5.71. The maximum atomic E-state index is 6.14. The standard InChI is InChI=1S/C29H43N3OS/c1-9-33-25-16-11-10-14-22(25)19-32(23-17-28(5,6)31-29(7,8)18-23)27(34)30-24-15-12-13-21(4)26(24)20(2)3/h10-16,20,23,31H,9,17-19H2,1-8H3,(H,30,34). The number of anilines is 1. The van der Waals surface area contributed by atoms with E-state index < -0.39 is 0 Å². The number of benzene rings is 2. The molecule has 0 radical (unpaired) electrons. The summed E-state index contributed by atoms with van der Waals surface area (Å²) in [5.41, 5.74) is 4.93. The van der Waals surface area contributed by atoms with Crippen LogP contribution in [0.25, 0.3) is 0 Å². The van der Waals surface area contributed by atoms with Crippen molar-refractivity contribution in [1.29, 1.82) is 0 Å². The second-order valence-electron chi connectivity index (χ2n) is 11.2.